The van der Waals surface area contributed by atoms with Gasteiger partial charge in [-0.25, -0.2) is 4.98 Å². The van der Waals surface area contributed by atoms with Crippen LogP contribution in [0.3, 0.4) is 0 Å². The highest BCUT2D eigenvalue weighted by atomic mass is 32.1. The maximum atomic E-state index is 12.2. The summed E-state index contributed by atoms with van der Waals surface area (Å²) in [5.41, 5.74) is 4.07. The van der Waals surface area contributed by atoms with Crippen LogP contribution in [0.25, 0.3) is 10.6 Å². The number of nitrogens with one attached hydrogen (secondary N) is 1. The van der Waals surface area contributed by atoms with Crippen molar-refractivity contribution in [1.29, 1.82) is 0 Å². The van der Waals surface area contributed by atoms with Crippen LogP contribution < -0.4 is 10.1 Å². The van der Waals surface area contributed by atoms with Crippen LogP contribution in [0, 0.1) is 6.92 Å². The van der Waals surface area contributed by atoms with Gasteiger partial charge in [0, 0.05) is 23.3 Å². The lowest BCUT2D eigenvalue weighted by molar-refractivity contribution is -0.123. The molecule has 0 saturated heterocycles. The molecule has 0 bridgehead atoms. The third-order valence-electron chi connectivity index (χ3n) is 4.10. The Kier molecular flexibility index (Phi) is 6.19. The number of aromatic nitrogens is 2. The molecule has 0 unspecified atom stereocenters. The first kappa shape index (κ1) is 19.0. The number of hydrogen-bond acceptors (Lipinski definition) is 5. The fourth-order valence-electron chi connectivity index (χ4n) is 2.64. The lowest BCUT2D eigenvalue weighted by Gasteiger charge is -2.14. The Bertz CT molecular complexity index is 907. The van der Waals surface area contributed by atoms with E-state index >= 15 is 0 Å². The Morgan fingerprint density at radius 1 is 1.22 bits per heavy atom. The Labute approximate surface area is 163 Å². The molecule has 2 heterocycles. The molecule has 0 spiro atoms. The Morgan fingerprint density at radius 2 is 2.00 bits per heavy atom. The maximum Gasteiger partial charge on any atom is 0.258 e. The molecule has 0 fully saturated rings. The summed E-state index contributed by atoms with van der Waals surface area (Å²) in [5, 5.41) is 5.73. The van der Waals surface area contributed by atoms with Crippen molar-refractivity contribution >= 4 is 17.2 Å². The van der Waals surface area contributed by atoms with Crippen molar-refractivity contribution in [3.8, 4) is 16.3 Å². The predicted molar refractivity (Wildman–Crippen MR) is 108 cm³/mol. The molecule has 2 aromatic heterocycles. The summed E-state index contributed by atoms with van der Waals surface area (Å²) < 4.78 is 5.77. The van der Waals surface area contributed by atoms with Gasteiger partial charge in [-0.05, 0) is 42.2 Å². The van der Waals surface area contributed by atoms with E-state index in [-0.39, 0.29) is 12.5 Å². The molecule has 0 radical (unpaired) electrons. The van der Waals surface area contributed by atoms with Crippen LogP contribution in [0.1, 0.15) is 36.6 Å². The standard InChI is InChI=1S/C21H23N3O2S/c1-14(2)18-5-4-15(3)10-19(18)26-12-20(25)23-11-17-13-27-21(24-17)16-6-8-22-9-7-16/h4-10,13-14H,11-12H2,1-3H3,(H,23,25). The van der Waals surface area contributed by atoms with Gasteiger partial charge < -0.3 is 10.1 Å². The van der Waals surface area contributed by atoms with Crippen molar-refractivity contribution < 1.29 is 9.53 Å². The molecule has 27 heavy (non-hydrogen) atoms. The van der Waals surface area contributed by atoms with Crippen LogP contribution >= 0.6 is 11.3 Å². The number of nitrogens with zero attached hydrogens (tertiary/aromatic N) is 2. The molecule has 3 rings (SSSR count). The predicted octanol–water partition coefficient (Wildman–Crippen LogP) is 4.33. The van der Waals surface area contributed by atoms with Gasteiger partial charge in [0.2, 0.25) is 0 Å². The van der Waals surface area contributed by atoms with Crippen molar-refractivity contribution in [3.63, 3.8) is 0 Å². The summed E-state index contributed by atoms with van der Waals surface area (Å²) in [5.74, 6) is 0.948. The monoisotopic (exact) mass is 381 g/mol. The number of benzene rings is 1. The van der Waals surface area contributed by atoms with Gasteiger partial charge in [0.1, 0.15) is 10.8 Å². The Morgan fingerprint density at radius 3 is 2.74 bits per heavy atom. The first-order valence-corrected chi connectivity index (χ1v) is 9.75. The first-order valence-electron chi connectivity index (χ1n) is 8.88. The third-order valence-corrected chi connectivity index (χ3v) is 5.04. The first-order chi connectivity index (χ1) is 13.0. The number of carbonyl (C=O) groups is 1. The highest BCUT2D eigenvalue weighted by Crippen LogP contribution is 2.27. The zero-order chi connectivity index (χ0) is 19.2. The zero-order valence-electron chi connectivity index (χ0n) is 15.7. The van der Waals surface area contributed by atoms with Gasteiger partial charge >= 0.3 is 0 Å². The van der Waals surface area contributed by atoms with Crippen molar-refractivity contribution in [2.75, 3.05) is 6.61 Å². The van der Waals surface area contributed by atoms with Crippen molar-refractivity contribution in [2.45, 2.75) is 33.2 Å². The van der Waals surface area contributed by atoms with E-state index in [0.29, 0.717) is 12.5 Å². The maximum absolute atomic E-state index is 12.2. The molecule has 0 saturated carbocycles. The van der Waals surface area contributed by atoms with Crippen molar-refractivity contribution in [1.82, 2.24) is 15.3 Å². The molecule has 0 aliphatic heterocycles. The van der Waals surface area contributed by atoms with Gasteiger partial charge in [0.15, 0.2) is 6.61 Å². The zero-order valence-corrected chi connectivity index (χ0v) is 16.5. The van der Waals surface area contributed by atoms with E-state index in [4.69, 9.17) is 4.74 Å². The summed E-state index contributed by atoms with van der Waals surface area (Å²) in [6, 6.07) is 9.93. The molecule has 1 aromatic carbocycles. The van der Waals surface area contributed by atoms with E-state index < -0.39 is 0 Å². The van der Waals surface area contributed by atoms with Crippen molar-refractivity contribution in [3.05, 3.63) is 64.9 Å². The third kappa shape index (κ3) is 5.14. The highest BCUT2D eigenvalue weighted by Gasteiger charge is 2.11. The van der Waals surface area contributed by atoms with E-state index in [0.717, 1.165) is 33.1 Å². The molecule has 0 aliphatic rings. The Hall–Kier alpha value is -2.73. The fraction of sp³-hybridized carbons (Fsp3) is 0.286. The molecule has 3 aromatic rings. The summed E-state index contributed by atoms with van der Waals surface area (Å²) in [6.45, 7) is 6.61. The largest absolute Gasteiger partial charge is 0.483 e. The van der Waals surface area contributed by atoms with Gasteiger partial charge in [-0.15, -0.1) is 11.3 Å². The average molecular weight is 382 g/mol. The molecule has 6 heteroatoms. The lowest BCUT2D eigenvalue weighted by atomic mass is 10.0. The summed E-state index contributed by atoms with van der Waals surface area (Å²) in [7, 11) is 0. The number of ether oxygens (including phenoxy) is 1. The number of aryl methyl sites for hydroxylation is 1. The minimum absolute atomic E-state index is 0.00940. The second-order valence-electron chi connectivity index (χ2n) is 6.64. The summed E-state index contributed by atoms with van der Waals surface area (Å²) >= 11 is 1.55. The molecule has 1 amide bonds. The SMILES string of the molecule is Cc1ccc(C(C)C)c(OCC(=O)NCc2csc(-c3ccncc3)n2)c1. The van der Waals surface area contributed by atoms with E-state index in [9.17, 15) is 4.79 Å². The van der Waals surface area contributed by atoms with Crippen LogP contribution in [0.15, 0.2) is 48.1 Å². The number of hydrogen-bond donors (Lipinski definition) is 1. The van der Waals surface area contributed by atoms with E-state index in [1.807, 2.05) is 30.5 Å². The van der Waals surface area contributed by atoms with Crippen LogP contribution in [0.2, 0.25) is 0 Å². The summed E-state index contributed by atoms with van der Waals surface area (Å²) in [6.07, 6.45) is 3.48. The lowest BCUT2D eigenvalue weighted by Crippen LogP contribution is -2.28. The second-order valence-corrected chi connectivity index (χ2v) is 7.50. The van der Waals surface area contributed by atoms with Crippen LogP contribution in [0.4, 0.5) is 0 Å². The second kappa shape index (κ2) is 8.77. The number of amides is 1. The fourth-order valence-corrected chi connectivity index (χ4v) is 3.47. The van der Waals surface area contributed by atoms with Gasteiger partial charge in [-0.1, -0.05) is 26.0 Å². The van der Waals surface area contributed by atoms with Gasteiger partial charge in [0.25, 0.3) is 5.91 Å². The molecule has 140 valence electrons. The molecular weight excluding hydrogens is 358 g/mol. The van der Waals surface area contributed by atoms with E-state index in [2.05, 4.69) is 41.3 Å². The normalized spacial score (nSPS) is 10.8. The smallest absolute Gasteiger partial charge is 0.258 e. The molecule has 0 aliphatic carbocycles. The molecule has 1 N–H and O–H groups in total. The number of pyridine rings is 1. The van der Waals surface area contributed by atoms with Gasteiger partial charge in [-0.2, -0.15) is 0 Å². The van der Waals surface area contributed by atoms with Crippen LogP contribution in [0.5, 0.6) is 5.75 Å². The van der Waals surface area contributed by atoms with Gasteiger partial charge in [-0.3, -0.25) is 9.78 Å². The quantitative estimate of drug-likeness (QED) is 0.661. The molecular formula is C21H23N3O2S. The Balaban J connectivity index is 1.54. The number of rotatable bonds is 7. The number of carbonyl (C=O) groups excluding carboxylic acids is 1. The number of thiazole rings is 1. The topological polar surface area (TPSA) is 64.1 Å². The van der Waals surface area contributed by atoms with E-state index in [1.54, 1.807) is 23.7 Å². The van der Waals surface area contributed by atoms with Crippen molar-refractivity contribution in [2.24, 2.45) is 0 Å². The van der Waals surface area contributed by atoms with E-state index in [1.165, 1.54) is 0 Å². The summed E-state index contributed by atoms with van der Waals surface area (Å²) in [4.78, 5) is 20.7. The average Bonchev–Trinajstić information content (AvgIpc) is 3.14. The highest BCUT2D eigenvalue weighted by molar-refractivity contribution is 7.13. The molecule has 0 atom stereocenters. The minimum Gasteiger partial charge on any atom is -0.483 e. The van der Waals surface area contributed by atoms with Crippen LogP contribution in [-0.2, 0) is 11.3 Å². The van der Waals surface area contributed by atoms with Crippen LogP contribution in [-0.4, -0.2) is 22.5 Å². The molecule has 5 nitrogen and oxygen atoms in total. The van der Waals surface area contributed by atoms with Gasteiger partial charge in [0.05, 0.1) is 12.2 Å². The minimum atomic E-state index is -0.162.